The Morgan fingerprint density at radius 1 is 1.59 bits per heavy atom. The van der Waals surface area contributed by atoms with E-state index in [9.17, 15) is 4.79 Å². The van der Waals surface area contributed by atoms with E-state index in [1.54, 1.807) is 4.90 Å². The van der Waals surface area contributed by atoms with Crippen molar-refractivity contribution in [2.24, 2.45) is 0 Å². The standard InChI is InChI=1S/C12H14BrNO3/c1-8-2-3-11(10(13)4-8)17-7-12(16)14-5-9(15)6-14/h2-4,9,15H,5-7H2,1H3. The Labute approximate surface area is 108 Å². The molecule has 1 N–H and O–H groups in total. The summed E-state index contributed by atoms with van der Waals surface area (Å²) < 4.78 is 6.27. The summed E-state index contributed by atoms with van der Waals surface area (Å²) in [6.07, 6.45) is -0.370. The number of hydrogen-bond donors (Lipinski definition) is 1. The van der Waals surface area contributed by atoms with Gasteiger partial charge in [-0.3, -0.25) is 4.79 Å². The van der Waals surface area contributed by atoms with Crippen molar-refractivity contribution in [3.05, 3.63) is 28.2 Å². The van der Waals surface area contributed by atoms with Crippen molar-refractivity contribution in [2.75, 3.05) is 19.7 Å². The Kier molecular flexibility index (Phi) is 3.69. The predicted octanol–water partition coefficient (Wildman–Crippen LogP) is 1.34. The highest BCUT2D eigenvalue weighted by Gasteiger charge is 2.28. The van der Waals surface area contributed by atoms with Crippen LogP contribution in [-0.4, -0.2) is 41.7 Å². The van der Waals surface area contributed by atoms with Crippen LogP contribution in [0.2, 0.25) is 0 Å². The van der Waals surface area contributed by atoms with Gasteiger partial charge in [-0.1, -0.05) is 6.07 Å². The maximum Gasteiger partial charge on any atom is 0.260 e. The molecule has 1 aliphatic rings. The molecule has 1 aromatic rings. The summed E-state index contributed by atoms with van der Waals surface area (Å²) in [6.45, 7) is 2.82. The molecule has 92 valence electrons. The van der Waals surface area contributed by atoms with Crippen molar-refractivity contribution < 1.29 is 14.6 Å². The van der Waals surface area contributed by atoms with Crippen molar-refractivity contribution >= 4 is 21.8 Å². The average Bonchev–Trinajstić information content (AvgIpc) is 2.23. The van der Waals surface area contributed by atoms with Gasteiger partial charge in [-0.2, -0.15) is 0 Å². The lowest BCUT2D eigenvalue weighted by atomic mass is 10.2. The molecule has 0 aromatic heterocycles. The summed E-state index contributed by atoms with van der Waals surface area (Å²) in [5.74, 6) is 0.563. The number of likely N-dealkylation sites (tertiary alicyclic amines) is 1. The fraction of sp³-hybridized carbons (Fsp3) is 0.417. The number of carbonyl (C=O) groups excluding carboxylic acids is 1. The number of carbonyl (C=O) groups is 1. The lowest BCUT2D eigenvalue weighted by Crippen LogP contribution is -2.54. The topological polar surface area (TPSA) is 49.8 Å². The SMILES string of the molecule is Cc1ccc(OCC(=O)N2CC(O)C2)c(Br)c1. The highest BCUT2D eigenvalue weighted by atomic mass is 79.9. The summed E-state index contributed by atoms with van der Waals surface area (Å²) >= 11 is 3.38. The smallest absolute Gasteiger partial charge is 0.260 e. The van der Waals surface area contributed by atoms with Gasteiger partial charge in [-0.05, 0) is 40.5 Å². The van der Waals surface area contributed by atoms with Crippen LogP contribution in [-0.2, 0) is 4.79 Å². The van der Waals surface area contributed by atoms with Gasteiger partial charge in [0.2, 0.25) is 0 Å². The molecule has 2 rings (SSSR count). The maximum atomic E-state index is 11.6. The number of nitrogens with zero attached hydrogens (tertiary/aromatic N) is 1. The average molecular weight is 300 g/mol. The third-order valence-electron chi connectivity index (χ3n) is 2.65. The third-order valence-corrected chi connectivity index (χ3v) is 3.27. The Bertz CT molecular complexity index is 430. The number of amides is 1. The molecule has 5 heteroatoms. The van der Waals surface area contributed by atoms with Crippen LogP contribution < -0.4 is 4.74 Å². The van der Waals surface area contributed by atoms with Crippen LogP contribution >= 0.6 is 15.9 Å². The van der Waals surface area contributed by atoms with Gasteiger partial charge in [-0.25, -0.2) is 0 Å². The molecule has 0 unspecified atom stereocenters. The van der Waals surface area contributed by atoms with Gasteiger partial charge < -0.3 is 14.7 Å². The number of hydrogen-bond acceptors (Lipinski definition) is 3. The molecule has 4 nitrogen and oxygen atoms in total. The van der Waals surface area contributed by atoms with E-state index in [0.29, 0.717) is 18.8 Å². The van der Waals surface area contributed by atoms with Gasteiger partial charge in [0, 0.05) is 13.1 Å². The lowest BCUT2D eigenvalue weighted by molar-refractivity contribution is -0.143. The minimum absolute atomic E-state index is 0.00831. The zero-order valence-electron chi connectivity index (χ0n) is 9.52. The third kappa shape index (κ3) is 2.98. The van der Waals surface area contributed by atoms with E-state index in [0.717, 1.165) is 10.0 Å². The van der Waals surface area contributed by atoms with E-state index in [2.05, 4.69) is 15.9 Å². The number of β-amino-alcohol motifs (C(OH)–C–C–N with tert-alkyl or cyclic N) is 1. The monoisotopic (exact) mass is 299 g/mol. The maximum absolute atomic E-state index is 11.6. The number of rotatable bonds is 3. The first-order valence-corrected chi connectivity index (χ1v) is 6.20. The van der Waals surface area contributed by atoms with E-state index < -0.39 is 0 Å². The second-order valence-corrected chi connectivity index (χ2v) is 5.03. The first kappa shape index (κ1) is 12.4. The van der Waals surface area contributed by atoms with Crippen LogP contribution in [0.15, 0.2) is 22.7 Å². The first-order valence-electron chi connectivity index (χ1n) is 5.41. The zero-order chi connectivity index (χ0) is 12.4. The molecule has 1 saturated heterocycles. The first-order chi connectivity index (χ1) is 8.06. The molecule has 0 atom stereocenters. The van der Waals surface area contributed by atoms with Gasteiger partial charge in [0.25, 0.3) is 5.91 Å². The highest BCUT2D eigenvalue weighted by Crippen LogP contribution is 2.25. The number of halogens is 1. The normalized spacial score (nSPS) is 15.6. The predicted molar refractivity (Wildman–Crippen MR) is 67.0 cm³/mol. The molecule has 1 heterocycles. The molecule has 17 heavy (non-hydrogen) atoms. The number of aliphatic hydroxyl groups is 1. The van der Waals surface area contributed by atoms with E-state index in [1.165, 1.54) is 0 Å². The van der Waals surface area contributed by atoms with Crippen molar-refractivity contribution in [3.8, 4) is 5.75 Å². The van der Waals surface area contributed by atoms with E-state index in [-0.39, 0.29) is 18.6 Å². The number of benzene rings is 1. The molecule has 0 saturated carbocycles. The quantitative estimate of drug-likeness (QED) is 0.916. The van der Waals surface area contributed by atoms with Crippen LogP contribution in [0.5, 0.6) is 5.75 Å². The minimum Gasteiger partial charge on any atom is -0.483 e. The summed E-state index contributed by atoms with van der Waals surface area (Å²) in [4.78, 5) is 13.2. The molecule has 0 aliphatic carbocycles. The number of aryl methyl sites for hydroxylation is 1. The minimum atomic E-state index is -0.370. The fourth-order valence-electron chi connectivity index (χ4n) is 1.61. The molecule has 1 fully saturated rings. The van der Waals surface area contributed by atoms with Crippen molar-refractivity contribution in [2.45, 2.75) is 13.0 Å². The zero-order valence-corrected chi connectivity index (χ0v) is 11.1. The van der Waals surface area contributed by atoms with Gasteiger partial charge >= 0.3 is 0 Å². The van der Waals surface area contributed by atoms with Crippen LogP contribution in [0.3, 0.4) is 0 Å². The van der Waals surface area contributed by atoms with E-state index in [1.807, 2.05) is 25.1 Å². The molecular formula is C12H14BrNO3. The summed E-state index contributed by atoms with van der Waals surface area (Å²) in [5.41, 5.74) is 1.13. The second kappa shape index (κ2) is 5.06. The van der Waals surface area contributed by atoms with E-state index >= 15 is 0 Å². The molecule has 1 aliphatic heterocycles. The van der Waals surface area contributed by atoms with Crippen molar-refractivity contribution in [1.29, 1.82) is 0 Å². The molecule has 1 amide bonds. The second-order valence-electron chi connectivity index (χ2n) is 4.18. The molecule has 0 bridgehead atoms. The summed E-state index contributed by atoms with van der Waals surface area (Å²) in [7, 11) is 0. The number of aliphatic hydroxyl groups excluding tert-OH is 1. The Morgan fingerprint density at radius 2 is 2.29 bits per heavy atom. The molecular weight excluding hydrogens is 286 g/mol. The van der Waals surface area contributed by atoms with Crippen LogP contribution in [0.4, 0.5) is 0 Å². The largest absolute Gasteiger partial charge is 0.483 e. The van der Waals surface area contributed by atoms with Crippen LogP contribution in [0, 0.1) is 6.92 Å². The Hall–Kier alpha value is -1.07. The van der Waals surface area contributed by atoms with Gasteiger partial charge in [-0.15, -0.1) is 0 Å². The van der Waals surface area contributed by atoms with Crippen molar-refractivity contribution in [3.63, 3.8) is 0 Å². The Morgan fingerprint density at radius 3 is 2.88 bits per heavy atom. The molecule has 1 aromatic carbocycles. The van der Waals surface area contributed by atoms with Gasteiger partial charge in [0.15, 0.2) is 6.61 Å². The number of ether oxygens (including phenoxy) is 1. The summed E-state index contributed by atoms with van der Waals surface area (Å²) in [6, 6.07) is 5.70. The van der Waals surface area contributed by atoms with E-state index in [4.69, 9.17) is 9.84 Å². The van der Waals surface area contributed by atoms with Crippen molar-refractivity contribution in [1.82, 2.24) is 4.90 Å². The highest BCUT2D eigenvalue weighted by molar-refractivity contribution is 9.10. The summed E-state index contributed by atoms with van der Waals surface area (Å²) in [5, 5.41) is 9.08. The van der Waals surface area contributed by atoms with Gasteiger partial charge in [0.05, 0.1) is 10.6 Å². The van der Waals surface area contributed by atoms with Crippen LogP contribution in [0.25, 0.3) is 0 Å². The lowest BCUT2D eigenvalue weighted by Gasteiger charge is -2.35. The Balaban J connectivity index is 1.87. The molecule has 0 spiro atoms. The van der Waals surface area contributed by atoms with Gasteiger partial charge in [0.1, 0.15) is 5.75 Å². The molecule has 0 radical (unpaired) electrons. The van der Waals surface area contributed by atoms with Crippen LogP contribution in [0.1, 0.15) is 5.56 Å². The fourth-order valence-corrected chi connectivity index (χ4v) is 2.22.